The van der Waals surface area contributed by atoms with Gasteiger partial charge in [-0.3, -0.25) is 0 Å². The van der Waals surface area contributed by atoms with E-state index in [1.165, 1.54) is 0 Å². The largest absolute Gasteiger partial charge is 0.438 e. The molecule has 0 aliphatic carbocycles. The highest BCUT2D eigenvalue weighted by Gasteiger charge is 2.04. The number of rotatable bonds is 1. The predicted octanol–water partition coefficient (Wildman–Crippen LogP) is 4.82. The standard InChI is InChI=1S/C19H13NO/c1-2-8-14(9-3-1)20-19-17-12-5-4-10-15(17)16-11-6-7-13-18(16)21-19/h1-13H. The summed E-state index contributed by atoms with van der Waals surface area (Å²) in [6.45, 7) is 0. The van der Waals surface area contributed by atoms with E-state index >= 15 is 0 Å². The van der Waals surface area contributed by atoms with Gasteiger partial charge in [0.1, 0.15) is 5.58 Å². The third kappa shape index (κ3) is 2.11. The van der Waals surface area contributed by atoms with Crippen LogP contribution in [-0.4, -0.2) is 0 Å². The van der Waals surface area contributed by atoms with Crippen molar-refractivity contribution in [1.82, 2.24) is 0 Å². The molecule has 0 unspecified atom stereocenters. The van der Waals surface area contributed by atoms with Gasteiger partial charge in [-0.1, -0.05) is 54.6 Å². The van der Waals surface area contributed by atoms with Gasteiger partial charge in [0.25, 0.3) is 0 Å². The molecule has 2 nitrogen and oxygen atoms in total. The summed E-state index contributed by atoms with van der Waals surface area (Å²) in [6.07, 6.45) is 0. The van der Waals surface area contributed by atoms with E-state index in [9.17, 15) is 0 Å². The van der Waals surface area contributed by atoms with E-state index in [2.05, 4.69) is 17.1 Å². The lowest BCUT2D eigenvalue weighted by molar-refractivity contribution is 0.554. The van der Waals surface area contributed by atoms with Crippen LogP contribution < -0.4 is 5.55 Å². The molecule has 100 valence electrons. The maximum absolute atomic E-state index is 6.01. The van der Waals surface area contributed by atoms with Crippen molar-refractivity contribution in [2.24, 2.45) is 4.99 Å². The summed E-state index contributed by atoms with van der Waals surface area (Å²) in [6, 6.07) is 26.1. The van der Waals surface area contributed by atoms with Crippen LogP contribution in [0, 0.1) is 0 Å². The van der Waals surface area contributed by atoms with Crippen molar-refractivity contribution in [2.45, 2.75) is 0 Å². The van der Waals surface area contributed by atoms with E-state index in [4.69, 9.17) is 4.42 Å². The third-order valence-electron chi connectivity index (χ3n) is 3.53. The van der Waals surface area contributed by atoms with Gasteiger partial charge < -0.3 is 4.42 Å². The maximum Gasteiger partial charge on any atom is 0.227 e. The van der Waals surface area contributed by atoms with Crippen LogP contribution in [0.5, 0.6) is 0 Å². The molecule has 0 saturated heterocycles. The fraction of sp³-hybridized carbons (Fsp3) is 0. The Bertz CT molecular complexity index is 984. The van der Waals surface area contributed by atoms with E-state index in [1.54, 1.807) is 0 Å². The fourth-order valence-electron chi connectivity index (χ4n) is 2.54. The Morgan fingerprint density at radius 1 is 0.571 bits per heavy atom. The zero-order valence-electron chi connectivity index (χ0n) is 11.4. The van der Waals surface area contributed by atoms with Crippen molar-refractivity contribution in [3.63, 3.8) is 0 Å². The maximum atomic E-state index is 6.01. The van der Waals surface area contributed by atoms with Crippen LogP contribution in [0.3, 0.4) is 0 Å². The lowest BCUT2D eigenvalue weighted by atomic mass is 10.1. The molecule has 0 spiro atoms. The highest BCUT2D eigenvalue weighted by molar-refractivity contribution is 6.03. The minimum Gasteiger partial charge on any atom is -0.438 e. The predicted molar refractivity (Wildman–Crippen MR) is 85.4 cm³/mol. The Morgan fingerprint density at radius 2 is 1.19 bits per heavy atom. The quantitative estimate of drug-likeness (QED) is 0.456. The third-order valence-corrected chi connectivity index (χ3v) is 3.53. The zero-order chi connectivity index (χ0) is 14.1. The first kappa shape index (κ1) is 11.9. The summed E-state index contributed by atoms with van der Waals surface area (Å²) in [5.41, 5.74) is 2.39. The summed E-state index contributed by atoms with van der Waals surface area (Å²) in [5, 5.41) is 3.30. The van der Waals surface area contributed by atoms with Gasteiger partial charge in [-0.25, -0.2) is 4.99 Å². The van der Waals surface area contributed by atoms with Gasteiger partial charge in [-0.15, -0.1) is 0 Å². The first-order valence-electron chi connectivity index (χ1n) is 6.92. The summed E-state index contributed by atoms with van der Waals surface area (Å²) in [7, 11) is 0. The van der Waals surface area contributed by atoms with Crippen molar-refractivity contribution in [3.8, 4) is 0 Å². The highest BCUT2D eigenvalue weighted by Crippen LogP contribution is 2.22. The second kappa shape index (κ2) is 4.91. The van der Waals surface area contributed by atoms with Crippen LogP contribution in [0.25, 0.3) is 21.7 Å². The van der Waals surface area contributed by atoms with E-state index in [1.807, 2.05) is 66.7 Å². The average Bonchev–Trinajstić information content (AvgIpc) is 2.56. The molecule has 0 fully saturated rings. The molecular weight excluding hydrogens is 258 g/mol. The second-order valence-electron chi connectivity index (χ2n) is 4.90. The first-order chi connectivity index (χ1) is 10.4. The highest BCUT2D eigenvalue weighted by atomic mass is 16.3. The second-order valence-corrected chi connectivity index (χ2v) is 4.90. The molecule has 21 heavy (non-hydrogen) atoms. The molecule has 0 N–H and O–H groups in total. The molecule has 0 atom stereocenters. The van der Waals surface area contributed by atoms with Crippen molar-refractivity contribution in [3.05, 3.63) is 84.4 Å². The van der Waals surface area contributed by atoms with Crippen LogP contribution in [0.1, 0.15) is 0 Å². The molecule has 1 heterocycles. The molecule has 3 aromatic carbocycles. The van der Waals surface area contributed by atoms with Gasteiger partial charge in [0.2, 0.25) is 5.55 Å². The molecule has 0 amide bonds. The van der Waals surface area contributed by atoms with E-state index in [-0.39, 0.29) is 0 Å². The zero-order valence-corrected chi connectivity index (χ0v) is 11.4. The summed E-state index contributed by atoms with van der Waals surface area (Å²) >= 11 is 0. The first-order valence-corrected chi connectivity index (χ1v) is 6.92. The number of benzene rings is 3. The Hall–Kier alpha value is -2.87. The lowest BCUT2D eigenvalue weighted by Gasteiger charge is -2.03. The number of fused-ring (bicyclic) bond motifs is 3. The van der Waals surface area contributed by atoms with Gasteiger partial charge in [0.05, 0.1) is 5.69 Å². The van der Waals surface area contributed by atoms with Crippen molar-refractivity contribution in [2.75, 3.05) is 0 Å². The van der Waals surface area contributed by atoms with Crippen LogP contribution in [0.2, 0.25) is 0 Å². The summed E-state index contributed by atoms with van der Waals surface area (Å²) < 4.78 is 6.01. The van der Waals surface area contributed by atoms with Gasteiger partial charge >= 0.3 is 0 Å². The molecule has 4 rings (SSSR count). The molecule has 0 aliphatic heterocycles. The topological polar surface area (TPSA) is 25.5 Å². The molecule has 1 aromatic heterocycles. The number of hydrogen-bond acceptors (Lipinski definition) is 2. The minimum absolute atomic E-state index is 0.649. The van der Waals surface area contributed by atoms with Gasteiger partial charge in [-0.05, 0) is 29.7 Å². The van der Waals surface area contributed by atoms with Crippen molar-refractivity contribution >= 4 is 27.4 Å². The normalized spacial score (nSPS) is 12.1. The van der Waals surface area contributed by atoms with Crippen molar-refractivity contribution < 1.29 is 4.42 Å². The minimum atomic E-state index is 0.649. The van der Waals surface area contributed by atoms with E-state index < -0.39 is 0 Å². The van der Waals surface area contributed by atoms with Gasteiger partial charge in [-0.2, -0.15) is 0 Å². The Labute approximate surface area is 122 Å². The van der Waals surface area contributed by atoms with Crippen LogP contribution in [0.15, 0.2) is 88.3 Å². The lowest BCUT2D eigenvalue weighted by Crippen LogP contribution is -2.02. The van der Waals surface area contributed by atoms with Crippen molar-refractivity contribution in [1.29, 1.82) is 0 Å². The summed E-state index contributed by atoms with van der Waals surface area (Å²) in [4.78, 5) is 4.65. The number of para-hydroxylation sites is 2. The monoisotopic (exact) mass is 271 g/mol. The van der Waals surface area contributed by atoms with Crippen LogP contribution >= 0.6 is 0 Å². The Morgan fingerprint density at radius 3 is 2.00 bits per heavy atom. The molecular formula is C19H13NO. The molecule has 0 saturated carbocycles. The smallest absolute Gasteiger partial charge is 0.227 e. The Kier molecular flexibility index (Phi) is 2.79. The van der Waals surface area contributed by atoms with Gasteiger partial charge in [0.15, 0.2) is 0 Å². The molecule has 2 heteroatoms. The molecule has 0 bridgehead atoms. The SMILES string of the molecule is c1ccc(N=c2oc3ccccc3c3ccccc23)cc1. The number of hydrogen-bond donors (Lipinski definition) is 0. The molecule has 0 aliphatic rings. The average molecular weight is 271 g/mol. The summed E-state index contributed by atoms with van der Waals surface area (Å²) in [5.74, 6) is 0. The van der Waals surface area contributed by atoms with Crippen LogP contribution in [-0.2, 0) is 0 Å². The Balaban J connectivity index is 2.15. The van der Waals surface area contributed by atoms with E-state index in [0.29, 0.717) is 5.55 Å². The molecule has 4 aromatic rings. The fourth-order valence-corrected chi connectivity index (χ4v) is 2.54. The number of nitrogens with zero attached hydrogens (tertiary/aromatic N) is 1. The van der Waals surface area contributed by atoms with Crippen LogP contribution in [0.4, 0.5) is 5.69 Å². The van der Waals surface area contributed by atoms with E-state index in [0.717, 1.165) is 27.4 Å². The van der Waals surface area contributed by atoms with Gasteiger partial charge in [0, 0.05) is 10.8 Å². The molecule has 0 radical (unpaired) electrons.